The molecule has 2 aliphatic heterocycles. The van der Waals surface area contributed by atoms with Crippen molar-refractivity contribution in [2.24, 2.45) is 0 Å². The van der Waals surface area contributed by atoms with Crippen LogP contribution < -0.4 is 5.32 Å². The van der Waals surface area contributed by atoms with Gasteiger partial charge < -0.3 is 24.6 Å². The molecular weight excluding hydrogens is 480 g/mol. The molecule has 200 valence electrons. The number of hydrogen-bond donors (Lipinski definition) is 2. The number of nitrogens with zero attached hydrogens (tertiary/aromatic N) is 1. The molecule has 0 unspecified atom stereocenters. The molecule has 0 radical (unpaired) electrons. The Morgan fingerprint density at radius 1 is 1.00 bits per heavy atom. The smallest absolute Gasteiger partial charge is 0.255 e. The Balaban J connectivity index is 1.31. The van der Waals surface area contributed by atoms with E-state index in [0.717, 1.165) is 49.2 Å². The van der Waals surface area contributed by atoms with Crippen LogP contribution in [0.1, 0.15) is 58.7 Å². The van der Waals surface area contributed by atoms with Gasteiger partial charge in [0.05, 0.1) is 25.4 Å². The summed E-state index contributed by atoms with van der Waals surface area (Å²) in [5, 5.41) is 12.4. The zero-order valence-electron chi connectivity index (χ0n) is 21.8. The lowest BCUT2D eigenvalue weighted by molar-refractivity contribution is -0.253. The first kappa shape index (κ1) is 26.5. The van der Waals surface area contributed by atoms with Gasteiger partial charge in [-0.1, -0.05) is 54.6 Å². The van der Waals surface area contributed by atoms with Crippen LogP contribution in [0.2, 0.25) is 0 Å². The lowest BCUT2D eigenvalue weighted by Gasteiger charge is -2.38. The Bertz CT molecular complexity index is 1170. The number of ether oxygens (including phenoxy) is 3. The molecule has 4 atom stereocenters. The van der Waals surface area contributed by atoms with Gasteiger partial charge in [0.15, 0.2) is 6.29 Å². The summed E-state index contributed by atoms with van der Waals surface area (Å²) in [6.45, 7) is 2.62. The first-order chi connectivity index (χ1) is 18.6. The molecule has 2 saturated heterocycles. The first-order valence-corrected chi connectivity index (χ1v) is 13.3. The molecule has 7 heteroatoms. The number of carbonyl (C=O) groups is 1. The van der Waals surface area contributed by atoms with Crippen LogP contribution in [0.4, 0.5) is 5.69 Å². The highest BCUT2D eigenvalue weighted by Crippen LogP contribution is 2.39. The van der Waals surface area contributed by atoms with Crippen LogP contribution in [0.3, 0.4) is 0 Å². The van der Waals surface area contributed by atoms with E-state index in [2.05, 4.69) is 10.2 Å². The van der Waals surface area contributed by atoms with Crippen LogP contribution in [0, 0.1) is 0 Å². The van der Waals surface area contributed by atoms with Crippen molar-refractivity contribution in [3.63, 3.8) is 0 Å². The summed E-state index contributed by atoms with van der Waals surface area (Å²) in [5.41, 5.74) is 4.18. The summed E-state index contributed by atoms with van der Waals surface area (Å²) in [6.07, 6.45) is 2.39. The fraction of sp³-hybridized carbons (Fsp3) is 0.387. The third-order valence-electron chi connectivity index (χ3n) is 7.39. The summed E-state index contributed by atoms with van der Waals surface area (Å²) < 4.78 is 18.4. The summed E-state index contributed by atoms with van der Waals surface area (Å²) in [6, 6.07) is 25.2. The highest BCUT2D eigenvalue weighted by Gasteiger charge is 2.35. The van der Waals surface area contributed by atoms with Gasteiger partial charge in [0.2, 0.25) is 0 Å². The van der Waals surface area contributed by atoms with Gasteiger partial charge in [0.1, 0.15) is 0 Å². The van der Waals surface area contributed by atoms with Crippen LogP contribution in [-0.2, 0) is 20.8 Å². The number of rotatable bonds is 9. The Labute approximate surface area is 224 Å². The molecule has 2 N–H and O–H groups in total. The minimum absolute atomic E-state index is 0.00816. The topological polar surface area (TPSA) is 80.3 Å². The Hall–Kier alpha value is -3.07. The summed E-state index contributed by atoms with van der Waals surface area (Å²) >= 11 is 0. The van der Waals surface area contributed by atoms with Crippen LogP contribution in [0.5, 0.6) is 0 Å². The monoisotopic (exact) mass is 516 g/mol. The van der Waals surface area contributed by atoms with E-state index in [1.165, 1.54) is 6.42 Å². The Morgan fingerprint density at radius 3 is 2.45 bits per heavy atom. The van der Waals surface area contributed by atoms with Crippen molar-refractivity contribution >= 4 is 11.6 Å². The average Bonchev–Trinajstić information content (AvgIpc) is 3.40. The maximum Gasteiger partial charge on any atom is 0.255 e. The zero-order valence-corrected chi connectivity index (χ0v) is 21.8. The molecule has 0 bridgehead atoms. The van der Waals surface area contributed by atoms with E-state index in [0.29, 0.717) is 17.3 Å². The van der Waals surface area contributed by atoms with Crippen molar-refractivity contribution < 1.29 is 24.1 Å². The van der Waals surface area contributed by atoms with Crippen molar-refractivity contribution in [1.29, 1.82) is 0 Å². The van der Waals surface area contributed by atoms with Crippen LogP contribution in [-0.4, -0.2) is 54.9 Å². The second-order valence-electron chi connectivity index (χ2n) is 10.0. The third kappa shape index (κ3) is 6.49. The molecule has 5 rings (SSSR count). The largest absolute Gasteiger partial charge is 0.392 e. The number of likely N-dealkylation sites (tertiary alicyclic amines) is 1. The molecule has 3 aromatic carbocycles. The van der Waals surface area contributed by atoms with E-state index in [-0.39, 0.29) is 24.7 Å². The normalized spacial score (nSPS) is 23.8. The molecular formula is C31H36N2O5. The number of aliphatic hydroxyl groups excluding tert-OH is 1. The van der Waals surface area contributed by atoms with E-state index in [4.69, 9.17) is 14.2 Å². The maximum absolute atomic E-state index is 12.5. The van der Waals surface area contributed by atoms with Gasteiger partial charge >= 0.3 is 0 Å². The van der Waals surface area contributed by atoms with Gasteiger partial charge in [-0.05, 0) is 54.8 Å². The average molecular weight is 517 g/mol. The Kier molecular flexibility index (Phi) is 8.83. The number of nitrogens with one attached hydrogen (secondary N) is 1. The van der Waals surface area contributed by atoms with Gasteiger partial charge in [-0.3, -0.25) is 9.69 Å². The SMILES string of the molecule is COC[C@@H]1CCCN1C[C@@H]1C[C@H](c2ccc(CO)cc2)O[C@H](c2ccc(NC(=O)c3ccccc3)cc2)O1. The fourth-order valence-corrected chi connectivity index (χ4v) is 5.33. The summed E-state index contributed by atoms with van der Waals surface area (Å²) in [7, 11) is 1.76. The predicted molar refractivity (Wildman–Crippen MR) is 146 cm³/mol. The van der Waals surface area contributed by atoms with Crippen LogP contribution in [0.15, 0.2) is 78.9 Å². The quantitative estimate of drug-likeness (QED) is 0.413. The lowest BCUT2D eigenvalue weighted by atomic mass is 9.99. The highest BCUT2D eigenvalue weighted by atomic mass is 16.7. The van der Waals surface area contributed by atoms with Crippen molar-refractivity contribution in [3.8, 4) is 0 Å². The van der Waals surface area contributed by atoms with Gasteiger partial charge in [0.25, 0.3) is 5.91 Å². The van der Waals surface area contributed by atoms with Crippen molar-refractivity contribution in [2.45, 2.75) is 50.4 Å². The van der Waals surface area contributed by atoms with Crippen LogP contribution >= 0.6 is 0 Å². The zero-order chi connectivity index (χ0) is 26.3. The number of hydrogen-bond acceptors (Lipinski definition) is 6. The molecule has 0 spiro atoms. The molecule has 38 heavy (non-hydrogen) atoms. The maximum atomic E-state index is 12.5. The molecule has 3 aromatic rings. The Morgan fingerprint density at radius 2 is 1.74 bits per heavy atom. The molecule has 2 aliphatic rings. The second-order valence-corrected chi connectivity index (χ2v) is 10.0. The number of carbonyl (C=O) groups excluding carboxylic acids is 1. The van der Waals surface area contributed by atoms with Crippen LogP contribution in [0.25, 0.3) is 0 Å². The molecule has 0 saturated carbocycles. The molecule has 0 aromatic heterocycles. The van der Waals surface area contributed by atoms with Gasteiger partial charge in [-0.15, -0.1) is 0 Å². The number of methoxy groups -OCH3 is 1. The molecule has 1 amide bonds. The van der Waals surface area contributed by atoms with Crippen molar-refractivity contribution in [3.05, 3.63) is 101 Å². The highest BCUT2D eigenvalue weighted by molar-refractivity contribution is 6.04. The first-order valence-electron chi connectivity index (χ1n) is 13.3. The van der Waals surface area contributed by atoms with E-state index in [9.17, 15) is 9.90 Å². The number of benzene rings is 3. The van der Waals surface area contributed by atoms with E-state index in [1.807, 2.05) is 66.7 Å². The fourth-order valence-electron chi connectivity index (χ4n) is 5.33. The number of aliphatic hydroxyl groups is 1. The summed E-state index contributed by atoms with van der Waals surface area (Å²) in [4.78, 5) is 15.0. The minimum Gasteiger partial charge on any atom is -0.392 e. The number of anilines is 1. The van der Waals surface area contributed by atoms with Gasteiger partial charge in [0, 0.05) is 42.9 Å². The molecule has 2 fully saturated rings. The van der Waals surface area contributed by atoms with E-state index in [1.54, 1.807) is 19.2 Å². The van der Waals surface area contributed by atoms with E-state index < -0.39 is 6.29 Å². The lowest BCUT2D eigenvalue weighted by Crippen LogP contribution is -2.42. The van der Waals surface area contributed by atoms with Gasteiger partial charge in [-0.2, -0.15) is 0 Å². The molecule has 0 aliphatic carbocycles. The van der Waals surface area contributed by atoms with E-state index >= 15 is 0 Å². The number of amides is 1. The standard InChI is InChI=1S/C31H36N2O5/c1-36-21-27-8-5-17-33(27)19-28-18-29(23-11-9-22(20-34)10-12-23)38-31(37-28)25-13-15-26(16-14-25)32-30(35)24-6-3-2-4-7-24/h2-4,6-7,9-16,27-29,31,34H,5,8,17-21H2,1H3,(H,32,35)/t27-,28-,29+,31+/m0/s1. The van der Waals surface area contributed by atoms with Crippen molar-refractivity contribution in [1.82, 2.24) is 4.90 Å². The van der Waals surface area contributed by atoms with Crippen molar-refractivity contribution in [2.75, 3.05) is 32.1 Å². The molecule has 2 heterocycles. The third-order valence-corrected chi connectivity index (χ3v) is 7.39. The van der Waals surface area contributed by atoms with Gasteiger partial charge in [-0.25, -0.2) is 0 Å². The summed E-state index contributed by atoms with van der Waals surface area (Å²) in [5.74, 6) is -0.147. The second kappa shape index (κ2) is 12.7. The molecule has 7 nitrogen and oxygen atoms in total. The minimum atomic E-state index is -0.529. The predicted octanol–water partition coefficient (Wildman–Crippen LogP) is 5.09.